The Bertz CT molecular complexity index is 1190. The Morgan fingerprint density at radius 2 is 1.91 bits per heavy atom. The van der Waals surface area contributed by atoms with Gasteiger partial charge < -0.3 is 4.84 Å². The van der Waals surface area contributed by atoms with Crippen LogP contribution in [-0.2, 0) is 17.0 Å². The number of halogens is 6. The summed E-state index contributed by atoms with van der Waals surface area (Å²) in [5.74, 6) is -1.01. The molecule has 12 heteroatoms. The lowest BCUT2D eigenvalue weighted by molar-refractivity contribution is -0.275. The molecule has 1 aromatic heterocycles. The van der Waals surface area contributed by atoms with Crippen LogP contribution in [0.2, 0.25) is 10.0 Å². The van der Waals surface area contributed by atoms with Gasteiger partial charge in [-0.2, -0.15) is 18.3 Å². The van der Waals surface area contributed by atoms with Crippen LogP contribution in [0.5, 0.6) is 0 Å². The van der Waals surface area contributed by atoms with E-state index in [0.717, 1.165) is 12.1 Å². The van der Waals surface area contributed by atoms with Crippen LogP contribution in [0, 0.1) is 5.82 Å². The SMILES string of the molecule is C=NCc1cc(C2=NOC(c3cc(Cl)c(F)c(Cl)c3)(C(F)(F)F)C2)ccc1-n1cncn1. The molecular weight excluding hydrogens is 473 g/mol. The molecule has 1 aliphatic heterocycles. The predicted octanol–water partition coefficient (Wildman–Crippen LogP) is 5.50. The molecule has 2 aromatic carbocycles. The molecule has 0 fully saturated rings. The second-order valence-electron chi connectivity index (χ2n) is 6.95. The van der Waals surface area contributed by atoms with Crippen molar-refractivity contribution in [3.63, 3.8) is 0 Å². The molecule has 32 heavy (non-hydrogen) atoms. The number of alkyl halides is 3. The third-order valence-corrected chi connectivity index (χ3v) is 5.55. The maximum Gasteiger partial charge on any atom is 0.435 e. The first kappa shape index (κ1) is 22.2. The monoisotopic (exact) mass is 485 g/mol. The number of nitrogens with zero attached hydrogens (tertiary/aromatic N) is 5. The minimum absolute atomic E-state index is 0.0364. The summed E-state index contributed by atoms with van der Waals surface area (Å²) in [5.41, 5.74) is -1.62. The number of oxime groups is 1. The van der Waals surface area contributed by atoms with Crippen molar-refractivity contribution in [3.05, 3.63) is 75.5 Å². The fourth-order valence-electron chi connectivity index (χ4n) is 3.42. The fourth-order valence-corrected chi connectivity index (χ4v) is 3.90. The third kappa shape index (κ3) is 3.73. The lowest BCUT2D eigenvalue weighted by atomic mass is 9.86. The van der Waals surface area contributed by atoms with Gasteiger partial charge in [0, 0.05) is 12.0 Å². The van der Waals surface area contributed by atoms with Gasteiger partial charge in [0.25, 0.3) is 5.60 Å². The van der Waals surface area contributed by atoms with Crippen LogP contribution in [0.4, 0.5) is 17.6 Å². The Balaban J connectivity index is 1.74. The van der Waals surface area contributed by atoms with Gasteiger partial charge in [0.1, 0.15) is 12.7 Å². The number of hydrogen-bond donors (Lipinski definition) is 0. The Labute approximate surface area is 189 Å². The molecule has 1 aliphatic rings. The molecule has 166 valence electrons. The molecule has 0 N–H and O–H groups in total. The molecule has 1 unspecified atom stereocenters. The van der Waals surface area contributed by atoms with Gasteiger partial charge in [0.15, 0.2) is 5.82 Å². The van der Waals surface area contributed by atoms with Crippen LogP contribution in [0.15, 0.2) is 53.1 Å². The van der Waals surface area contributed by atoms with E-state index < -0.39 is 39.6 Å². The molecule has 0 aliphatic carbocycles. The Morgan fingerprint density at radius 3 is 2.50 bits per heavy atom. The average Bonchev–Trinajstić information content (AvgIpc) is 3.42. The van der Waals surface area contributed by atoms with E-state index in [0.29, 0.717) is 16.8 Å². The Morgan fingerprint density at radius 1 is 1.19 bits per heavy atom. The van der Waals surface area contributed by atoms with Gasteiger partial charge in [-0.3, -0.25) is 4.99 Å². The first-order chi connectivity index (χ1) is 15.2. The summed E-state index contributed by atoms with van der Waals surface area (Å²) in [6, 6.07) is 6.56. The normalized spacial score (nSPS) is 18.4. The van der Waals surface area contributed by atoms with Gasteiger partial charge in [-0.1, -0.05) is 34.4 Å². The minimum atomic E-state index is -4.89. The molecule has 0 amide bonds. The van der Waals surface area contributed by atoms with E-state index >= 15 is 0 Å². The van der Waals surface area contributed by atoms with Crippen molar-refractivity contribution in [2.45, 2.75) is 24.7 Å². The summed E-state index contributed by atoms with van der Waals surface area (Å²) in [5, 5.41) is 6.67. The average molecular weight is 486 g/mol. The summed E-state index contributed by atoms with van der Waals surface area (Å²) in [7, 11) is 0. The van der Waals surface area contributed by atoms with Gasteiger partial charge in [0.05, 0.1) is 28.0 Å². The van der Waals surface area contributed by atoms with Crippen LogP contribution >= 0.6 is 23.2 Å². The van der Waals surface area contributed by atoms with Gasteiger partial charge in [-0.05, 0) is 42.1 Å². The summed E-state index contributed by atoms with van der Waals surface area (Å²) >= 11 is 11.5. The van der Waals surface area contributed by atoms with Crippen LogP contribution in [0.3, 0.4) is 0 Å². The molecule has 0 saturated carbocycles. The standard InChI is InChI=1S/C20H13Cl2F4N5O/c1-27-8-12-4-11(2-3-17(12)31-10-28-9-29-31)16-7-19(32-30-16,20(24,25)26)13-5-14(21)18(23)15(22)6-13/h2-6,9-10H,1,7-8H2. The van der Waals surface area contributed by atoms with Gasteiger partial charge in [-0.15, -0.1) is 0 Å². The van der Waals surface area contributed by atoms with Gasteiger partial charge in [0.2, 0.25) is 0 Å². The van der Waals surface area contributed by atoms with Crippen molar-refractivity contribution in [1.29, 1.82) is 0 Å². The highest BCUT2D eigenvalue weighted by molar-refractivity contribution is 6.35. The summed E-state index contributed by atoms with van der Waals surface area (Å²) in [6.07, 6.45) is -2.73. The van der Waals surface area contributed by atoms with E-state index in [1.165, 1.54) is 17.3 Å². The largest absolute Gasteiger partial charge is 0.435 e. The van der Waals surface area contributed by atoms with Crippen LogP contribution in [0.25, 0.3) is 5.69 Å². The lowest BCUT2D eigenvalue weighted by Crippen LogP contribution is -2.42. The highest BCUT2D eigenvalue weighted by Crippen LogP contribution is 2.50. The van der Waals surface area contributed by atoms with E-state index in [9.17, 15) is 17.6 Å². The first-order valence-electron chi connectivity index (χ1n) is 9.04. The summed E-state index contributed by atoms with van der Waals surface area (Å²) in [6.45, 7) is 3.65. The Hall–Kier alpha value is -2.98. The number of rotatable bonds is 5. The third-order valence-electron chi connectivity index (χ3n) is 5.00. The summed E-state index contributed by atoms with van der Waals surface area (Å²) in [4.78, 5) is 12.7. The van der Waals surface area contributed by atoms with E-state index in [1.807, 2.05) is 0 Å². The van der Waals surface area contributed by atoms with E-state index in [2.05, 4.69) is 26.9 Å². The molecule has 1 atom stereocenters. The molecule has 0 spiro atoms. The van der Waals surface area contributed by atoms with Crippen molar-refractivity contribution in [2.24, 2.45) is 10.1 Å². The maximum atomic E-state index is 14.2. The predicted molar refractivity (Wildman–Crippen MR) is 111 cm³/mol. The van der Waals surface area contributed by atoms with Crippen molar-refractivity contribution in [1.82, 2.24) is 14.8 Å². The van der Waals surface area contributed by atoms with Gasteiger partial charge >= 0.3 is 6.18 Å². The molecule has 0 saturated heterocycles. The highest BCUT2D eigenvalue weighted by Gasteiger charge is 2.62. The fraction of sp³-hybridized carbons (Fsp3) is 0.200. The maximum absolute atomic E-state index is 14.2. The highest BCUT2D eigenvalue weighted by atomic mass is 35.5. The van der Waals surface area contributed by atoms with Gasteiger partial charge in [-0.25, -0.2) is 14.1 Å². The van der Waals surface area contributed by atoms with Crippen molar-refractivity contribution < 1.29 is 22.4 Å². The molecule has 2 heterocycles. The molecule has 0 radical (unpaired) electrons. The summed E-state index contributed by atoms with van der Waals surface area (Å²) < 4.78 is 57.8. The smallest absolute Gasteiger partial charge is 0.374 e. The lowest BCUT2D eigenvalue weighted by Gasteiger charge is -2.29. The minimum Gasteiger partial charge on any atom is -0.374 e. The van der Waals surface area contributed by atoms with Crippen LogP contribution in [0.1, 0.15) is 23.1 Å². The van der Waals surface area contributed by atoms with E-state index in [-0.39, 0.29) is 12.3 Å². The second kappa shape index (κ2) is 8.18. The molecular formula is C20H13Cl2F4N5O. The van der Waals surface area contributed by atoms with Crippen LogP contribution < -0.4 is 0 Å². The number of hydrogen-bond acceptors (Lipinski definition) is 5. The quantitative estimate of drug-likeness (QED) is 0.272. The Kier molecular flexibility index (Phi) is 5.68. The van der Waals surface area contributed by atoms with Crippen molar-refractivity contribution in [3.8, 4) is 5.69 Å². The zero-order valence-electron chi connectivity index (χ0n) is 16.1. The van der Waals surface area contributed by atoms with Crippen LogP contribution in [-0.4, -0.2) is 33.4 Å². The molecule has 0 bridgehead atoms. The van der Waals surface area contributed by atoms with E-state index in [4.69, 9.17) is 28.0 Å². The zero-order chi connectivity index (χ0) is 23.1. The van der Waals surface area contributed by atoms with Crippen molar-refractivity contribution >= 4 is 35.6 Å². The first-order valence-corrected chi connectivity index (χ1v) is 9.79. The molecule has 3 aromatic rings. The van der Waals surface area contributed by atoms with Crippen molar-refractivity contribution in [2.75, 3.05) is 0 Å². The number of benzene rings is 2. The number of aliphatic imine (C=N–C) groups is 1. The second-order valence-corrected chi connectivity index (χ2v) is 7.76. The molecule has 4 rings (SSSR count). The zero-order valence-corrected chi connectivity index (χ0v) is 17.6. The molecule has 6 nitrogen and oxygen atoms in total. The number of aromatic nitrogens is 3. The van der Waals surface area contributed by atoms with E-state index in [1.54, 1.807) is 18.2 Å². The topological polar surface area (TPSA) is 64.7 Å².